The van der Waals surface area contributed by atoms with Crippen molar-refractivity contribution in [3.63, 3.8) is 0 Å². The molecule has 4 nitrogen and oxygen atoms in total. The second kappa shape index (κ2) is 5.48. The van der Waals surface area contributed by atoms with E-state index in [9.17, 15) is 9.90 Å². The third-order valence-electron chi connectivity index (χ3n) is 2.13. The van der Waals surface area contributed by atoms with E-state index in [0.717, 1.165) is 5.56 Å². The summed E-state index contributed by atoms with van der Waals surface area (Å²) in [5.41, 5.74) is 1.40. The van der Waals surface area contributed by atoms with E-state index in [1.54, 1.807) is 24.3 Å². The van der Waals surface area contributed by atoms with E-state index in [1.165, 1.54) is 7.11 Å². The largest absolute Gasteiger partial charge is 0.469 e. The van der Waals surface area contributed by atoms with Gasteiger partial charge >= 0.3 is 5.97 Å². The molecule has 1 rings (SSSR count). The Morgan fingerprint density at radius 1 is 1.40 bits per heavy atom. The maximum atomic E-state index is 10.9. The zero-order chi connectivity index (χ0) is 11.3. The van der Waals surface area contributed by atoms with Crippen molar-refractivity contribution in [1.82, 2.24) is 0 Å². The predicted molar refractivity (Wildman–Crippen MR) is 54.0 cm³/mol. The summed E-state index contributed by atoms with van der Waals surface area (Å²) in [6.45, 7) is -0.0343. The van der Waals surface area contributed by atoms with Crippen molar-refractivity contribution in [3.05, 3.63) is 35.4 Å². The molecule has 0 aromatic heterocycles. The summed E-state index contributed by atoms with van der Waals surface area (Å²) >= 11 is 0. The van der Waals surface area contributed by atoms with Gasteiger partial charge < -0.3 is 14.9 Å². The van der Waals surface area contributed by atoms with Crippen LogP contribution in [-0.4, -0.2) is 23.3 Å². The van der Waals surface area contributed by atoms with Gasteiger partial charge in [0.1, 0.15) is 0 Å². The van der Waals surface area contributed by atoms with Crippen LogP contribution in [0.25, 0.3) is 0 Å². The van der Waals surface area contributed by atoms with Gasteiger partial charge in [-0.2, -0.15) is 0 Å². The molecule has 1 aromatic rings. The molecule has 1 atom stereocenters. The summed E-state index contributed by atoms with van der Waals surface area (Å²) in [4.78, 5) is 10.9. The van der Waals surface area contributed by atoms with Crippen molar-refractivity contribution in [2.24, 2.45) is 0 Å². The van der Waals surface area contributed by atoms with E-state index < -0.39 is 12.1 Å². The lowest BCUT2D eigenvalue weighted by molar-refractivity contribution is -0.142. The van der Waals surface area contributed by atoms with Gasteiger partial charge in [-0.15, -0.1) is 0 Å². The van der Waals surface area contributed by atoms with Gasteiger partial charge in [-0.05, 0) is 11.1 Å². The molecule has 2 N–H and O–H groups in total. The van der Waals surface area contributed by atoms with Gasteiger partial charge in [0.25, 0.3) is 0 Å². The quantitative estimate of drug-likeness (QED) is 0.720. The second-order valence-electron chi connectivity index (χ2n) is 3.20. The summed E-state index contributed by atoms with van der Waals surface area (Å²) < 4.78 is 4.45. The topological polar surface area (TPSA) is 66.8 Å². The van der Waals surface area contributed by atoms with Crippen LogP contribution in [0.4, 0.5) is 0 Å². The van der Waals surface area contributed by atoms with Crippen LogP contribution in [0, 0.1) is 0 Å². The molecule has 0 saturated carbocycles. The second-order valence-corrected chi connectivity index (χ2v) is 3.20. The van der Waals surface area contributed by atoms with Crippen LogP contribution in [0.2, 0.25) is 0 Å². The number of carbonyl (C=O) groups excluding carboxylic acids is 1. The average Bonchev–Trinajstić information content (AvgIpc) is 2.29. The fraction of sp³-hybridized carbons (Fsp3) is 0.364. The van der Waals surface area contributed by atoms with Crippen LogP contribution in [-0.2, 0) is 16.1 Å². The Kier molecular flexibility index (Phi) is 4.27. The molecule has 0 aliphatic carbocycles. The van der Waals surface area contributed by atoms with Gasteiger partial charge in [-0.25, -0.2) is 0 Å². The van der Waals surface area contributed by atoms with Crippen molar-refractivity contribution in [2.75, 3.05) is 7.11 Å². The first-order valence-electron chi connectivity index (χ1n) is 4.62. The maximum absolute atomic E-state index is 10.9. The van der Waals surface area contributed by atoms with Gasteiger partial charge in [0.05, 0.1) is 26.2 Å². The Morgan fingerprint density at radius 2 is 2.00 bits per heavy atom. The first-order valence-corrected chi connectivity index (χ1v) is 4.62. The van der Waals surface area contributed by atoms with Crippen LogP contribution in [0.3, 0.4) is 0 Å². The number of aliphatic hydroxyl groups excluding tert-OH is 2. The molecule has 15 heavy (non-hydrogen) atoms. The summed E-state index contributed by atoms with van der Waals surface area (Å²) in [6.07, 6.45) is -0.917. The minimum atomic E-state index is -0.856. The molecular formula is C11H14O4. The Morgan fingerprint density at radius 3 is 2.47 bits per heavy atom. The highest BCUT2D eigenvalue weighted by Gasteiger charge is 2.12. The van der Waals surface area contributed by atoms with Crippen molar-refractivity contribution in [2.45, 2.75) is 19.1 Å². The Hall–Kier alpha value is -1.39. The minimum absolute atomic E-state index is 0.0343. The number of ether oxygens (including phenoxy) is 1. The number of carbonyl (C=O) groups is 1. The number of benzene rings is 1. The standard InChI is InChI=1S/C11H14O4/c1-15-11(14)6-10(13)9-4-2-8(7-12)3-5-9/h2-5,10,12-13H,6-7H2,1H3/t10-/m1/s1. The molecule has 0 fully saturated rings. The summed E-state index contributed by atoms with van der Waals surface area (Å²) in [5.74, 6) is -0.450. The van der Waals surface area contributed by atoms with Crippen molar-refractivity contribution >= 4 is 5.97 Å². The summed E-state index contributed by atoms with van der Waals surface area (Å²) in [7, 11) is 1.28. The lowest BCUT2D eigenvalue weighted by atomic mass is 10.1. The third kappa shape index (κ3) is 3.34. The zero-order valence-corrected chi connectivity index (χ0v) is 8.51. The molecule has 0 saturated heterocycles. The Bertz CT molecular complexity index is 318. The number of hydrogen-bond donors (Lipinski definition) is 2. The van der Waals surface area contributed by atoms with Gasteiger partial charge in [-0.3, -0.25) is 4.79 Å². The highest BCUT2D eigenvalue weighted by Crippen LogP contribution is 2.17. The van der Waals surface area contributed by atoms with E-state index in [4.69, 9.17) is 5.11 Å². The minimum Gasteiger partial charge on any atom is -0.469 e. The summed E-state index contributed by atoms with van der Waals surface area (Å²) in [5, 5.41) is 18.4. The lowest BCUT2D eigenvalue weighted by Gasteiger charge is -2.09. The van der Waals surface area contributed by atoms with Crippen LogP contribution in [0.1, 0.15) is 23.7 Å². The number of aliphatic hydroxyl groups is 2. The van der Waals surface area contributed by atoms with Crippen molar-refractivity contribution < 1.29 is 19.7 Å². The Balaban J connectivity index is 2.65. The van der Waals surface area contributed by atoms with Gasteiger partial charge in [0.15, 0.2) is 0 Å². The van der Waals surface area contributed by atoms with Crippen molar-refractivity contribution in [3.8, 4) is 0 Å². The normalized spacial score (nSPS) is 12.2. The van der Waals surface area contributed by atoms with Crippen molar-refractivity contribution in [1.29, 1.82) is 0 Å². The molecule has 0 aliphatic heterocycles. The van der Waals surface area contributed by atoms with Crippen LogP contribution >= 0.6 is 0 Å². The molecule has 0 bridgehead atoms. The fourth-order valence-corrected chi connectivity index (χ4v) is 1.20. The predicted octanol–water partition coefficient (Wildman–Crippen LogP) is 0.775. The smallest absolute Gasteiger partial charge is 0.308 e. The highest BCUT2D eigenvalue weighted by molar-refractivity contribution is 5.70. The first kappa shape index (κ1) is 11.7. The molecule has 0 radical (unpaired) electrons. The van der Waals surface area contributed by atoms with E-state index in [0.29, 0.717) is 5.56 Å². The Labute approximate surface area is 88.1 Å². The zero-order valence-electron chi connectivity index (χ0n) is 8.51. The molecule has 0 heterocycles. The third-order valence-corrected chi connectivity index (χ3v) is 2.13. The van der Waals surface area contributed by atoms with E-state index in [1.807, 2.05) is 0 Å². The van der Waals surface area contributed by atoms with Crippen LogP contribution in [0.5, 0.6) is 0 Å². The van der Waals surface area contributed by atoms with E-state index in [2.05, 4.69) is 4.74 Å². The average molecular weight is 210 g/mol. The van der Waals surface area contributed by atoms with Crippen LogP contribution < -0.4 is 0 Å². The molecule has 82 valence electrons. The van der Waals surface area contributed by atoms with E-state index in [-0.39, 0.29) is 13.0 Å². The SMILES string of the molecule is COC(=O)C[C@@H](O)c1ccc(CO)cc1. The lowest BCUT2D eigenvalue weighted by Crippen LogP contribution is -2.08. The number of methoxy groups -OCH3 is 1. The van der Waals surface area contributed by atoms with Gasteiger partial charge in [0, 0.05) is 0 Å². The summed E-state index contributed by atoms with van der Waals surface area (Å²) in [6, 6.07) is 6.77. The van der Waals surface area contributed by atoms with Gasteiger partial charge in [0.2, 0.25) is 0 Å². The fourth-order valence-electron chi connectivity index (χ4n) is 1.20. The molecule has 0 spiro atoms. The number of hydrogen-bond acceptors (Lipinski definition) is 4. The maximum Gasteiger partial charge on any atom is 0.308 e. The van der Waals surface area contributed by atoms with Crippen LogP contribution in [0.15, 0.2) is 24.3 Å². The number of rotatable bonds is 4. The molecule has 1 aromatic carbocycles. The molecule has 0 unspecified atom stereocenters. The molecule has 0 amide bonds. The monoisotopic (exact) mass is 210 g/mol. The van der Waals surface area contributed by atoms with Gasteiger partial charge in [-0.1, -0.05) is 24.3 Å². The molecule has 4 heteroatoms. The molecular weight excluding hydrogens is 196 g/mol. The number of esters is 1. The molecule has 0 aliphatic rings. The highest BCUT2D eigenvalue weighted by atomic mass is 16.5. The first-order chi connectivity index (χ1) is 7.17. The van der Waals surface area contributed by atoms with E-state index >= 15 is 0 Å².